The zero-order chi connectivity index (χ0) is 29.2. The number of aliphatic hydroxyl groups is 1. The van der Waals surface area contributed by atoms with Crippen LogP contribution in [0.2, 0.25) is 5.02 Å². The van der Waals surface area contributed by atoms with E-state index >= 15 is 0 Å². The van der Waals surface area contributed by atoms with E-state index in [0.717, 1.165) is 28.7 Å². The van der Waals surface area contributed by atoms with Crippen LogP contribution in [0.15, 0.2) is 91.0 Å². The van der Waals surface area contributed by atoms with E-state index in [0.29, 0.717) is 47.7 Å². The SMILES string of the molecule is COc1ccc(CC(C)N(Cc2ccc(OCc3ccccc3)c(OC)c2)C[C@H](O)c2cccc(Cl)c2)cc1OC. The predicted octanol–water partition coefficient (Wildman–Crippen LogP) is 7.11. The van der Waals surface area contributed by atoms with Gasteiger partial charge in [-0.2, -0.15) is 0 Å². The van der Waals surface area contributed by atoms with Crippen molar-refractivity contribution in [3.8, 4) is 23.0 Å². The first-order valence-corrected chi connectivity index (χ1v) is 14.0. The summed E-state index contributed by atoms with van der Waals surface area (Å²) in [4.78, 5) is 2.27. The van der Waals surface area contributed by atoms with Crippen molar-refractivity contribution in [3.05, 3.63) is 118 Å². The Morgan fingerprint density at radius 1 is 0.707 bits per heavy atom. The molecule has 216 valence electrons. The second-order valence-corrected chi connectivity index (χ2v) is 10.4. The average Bonchev–Trinajstić information content (AvgIpc) is 3.00. The fourth-order valence-electron chi connectivity index (χ4n) is 4.82. The lowest BCUT2D eigenvalue weighted by Gasteiger charge is -2.32. The number of hydrogen-bond donors (Lipinski definition) is 1. The van der Waals surface area contributed by atoms with Gasteiger partial charge in [-0.15, -0.1) is 0 Å². The number of benzene rings is 4. The van der Waals surface area contributed by atoms with Crippen molar-refractivity contribution < 1.29 is 24.1 Å². The van der Waals surface area contributed by atoms with E-state index in [1.54, 1.807) is 21.3 Å². The number of rotatable bonds is 14. The van der Waals surface area contributed by atoms with Gasteiger partial charge in [-0.05, 0) is 72.0 Å². The van der Waals surface area contributed by atoms with Crippen molar-refractivity contribution in [1.82, 2.24) is 4.90 Å². The Labute approximate surface area is 248 Å². The van der Waals surface area contributed by atoms with Gasteiger partial charge in [-0.3, -0.25) is 4.90 Å². The van der Waals surface area contributed by atoms with Crippen molar-refractivity contribution in [2.75, 3.05) is 27.9 Å². The highest BCUT2D eigenvalue weighted by Gasteiger charge is 2.21. The lowest BCUT2D eigenvalue weighted by molar-refractivity contribution is 0.0858. The topological polar surface area (TPSA) is 60.4 Å². The third-order valence-electron chi connectivity index (χ3n) is 7.09. The molecule has 2 atom stereocenters. The van der Waals surface area contributed by atoms with Gasteiger partial charge in [0.1, 0.15) is 6.61 Å². The van der Waals surface area contributed by atoms with Crippen LogP contribution in [0.4, 0.5) is 0 Å². The molecule has 6 nitrogen and oxygen atoms in total. The fraction of sp³-hybridized carbons (Fsp3) is 0.294. The summed E-state index contributed by atoms with van der Waals surface area (Å²) in [6.45, 7) is 3.64. The number of aliphatic hydroxyl groups excluding tert-OH is 1. The molecular weight excluding hydrogens is 538 g/mol. The van der Waals surface area contributed by atoms with E-state index in [1.165, 1.54) is 0 Å². The molecule has 0 aliphatic carbocycles. The summed E-state index contributed by atoms with van der Waals surface area (Å²) in [5.41, 5.74) is 4.03. The first-order valence-electron chi connectivity index (χ1n) is 13.6. The molecule has 0 aliphatic heterocycles. The second kappa shape index (κ2) is 14.8. The first-order chi connectivity index (χ1) is 19.9. The van der Waals surface area contributed by atoms with Crippen molar-refractivity contribution in [2.45, 2.75) is 38.6 Å². The first kappa shape index (κ1) is 30.3. The molecule has 0 radical (unpaired) electrons. The van der Waals surface area contributed by atoms with Gasteiger partial charge in [-0.25, -0.2) is 0 Å². The Morgan fingerprint density at radius 3 is 2.07 bits per heavy atom. The summed E-state index contributed by atoms with van der Waals surface area (Å²) in [5.74, 6) is 2.74. The molecule has 1 unspecified atom stereocenters. The Hall–Kier alpha value is -3.71. The van der Waals surface area contributed by atoms with E-state index in [9.17, 15) is 5.11 Å². The molecule has 0 amide bonds. The highest BCUT2D eigenvalue weighted by molar-refractivity contribution is 6.30. The highest BCUT2D eigenvalue weighted by Crippen LogP contribution is 2.31. The van der Waals surface area contributed by atoms with Crippen LogP contribution < -0.4 is 18.9 Å². The van der Waals surface area contributed by atoms with E-state index in [2.05, 4.69) is 11.8 Å². The molecule has 7 heteroatoms. The van der Waals surface area contributed by atoms with E-state index in [1.807, 2.05) is 91.0 Å². The predicted molar refractivity (Wildman–Crippen MR) is 163 cm³/mol. The van der Waals surface area contributed by atoms with Crippen molar-refractivity contribution in [1.29, 1.82) is 0 Å². The van der Waals surface area contributed by atoms with Gasteiger partial charge in [0.05, 0.1) is 27.4 Å². The summed E-state index contributed by atoms with van der Waals surface area (Å²) >= 11 is 6.22. The summed E-state index contributed by atoms with van der Waals surface area (Å²) < 4.78 is 22.7. The molecule has 4 aromatic carbocycles. The normalized spacial score (nSPS) is 12.6. The van der Waals surface area contributed by atoms with E-state index in [4.69, 9.17) is 30.5 Å². The van der Waals surface area contributed by atoms with Crippen LogP contribution in [0.3, 0.4) is 0 Å². The van der Waals surface area contributed by atoms with E-state index < -0.39 is 6.10 Å². The Morgan fingerprint density at radius 2 is 1.37 bits per heavy atom. The molecule has 0 aromatic heterocycles. The Kier molecular flexibility index (Phi) is 10.9. The molecule has 4 aromatic rings. The van der Waals surface area contributed by atoms with E-state index in [-0.39, 0.29) is 6.04 Å². The van der Waals surface area contributed by atoms with Crippen LogP contribution >= 0.6 is 11.6 Å². The van der Waals surface area contributed by atoms with Gasteiger partial charge in [-0.1, -0.05) is 66.2 Å². The van der Waals surface area contributed by atoms with Crippen LogP contribution in [0, 0.1) is 0 Å². The minimum atomic E-state index is -0.711. The van der Waals surface area contributed by atoms with Gasteiger partial charge in [0, 0.05) is 24.2 Å². The third-order valence-corrected chi connectivity index (χ3v) is 7.33. The van der Waals surface area contributed by atoms with Crippen LogP contribution in [0.1, 0.15) is 35.3 Å². The van der Waals surface area contributed by atoms with Crippen LogP contribution in [0.25, 0.3) is 0 Å². The maximum absolute atomic E-state index is 11.2. The molecule has 4 rings (SSSR count). The maximum Gasteiger partial charge on any atom is 0.161 e. The molecule has 0 saturated carbocycles. The number of methoxy groups -OCH3 is 3. The average molecular weight is 576 g/mol. The zero-order valence-corrected chi connectivity index (χ0v) is 24.8. The van der Waals surface area contributed by atoms with Crippen molar-refractivity contribution in [2.24, 2.45) is 0 Å². The zero-order valence-electron chi connectivity index (χ0n) is 24.0. The Balaban J connectivity index is 1.55. The number of hydrogen-bond acceptors (Lipinski definition) is 6. The molecule has 41 heavy (non-hydrogen) atoms. The van der Waals surface area contributed by atoms with Gasteiger partial charge >= 0.3 is 0 Å². The van der Waals surface area contributed by atoms with Crippen LogP contribution in [0.5, 0.6) is 23.0 Å². The van der Waals surface area contributed by atoms with Crippen LogP contribution in [-0.4, -0.2) is 43.9 Å². The second-order valence-electron chi connectivity index (χ2n) is 10.0. The lowest BCUT2D eigenvalue weighted by atomic mass is 10.0. The van der Waals surface area contributed by atoms with Gasteiger partial charge < -0.3 is 24.1 Å². The summed E-state index contributed by atoms with van der Waals surface area (Å²) in [7, 11) is 4.92. The molecular formula is C34H38ClNO5. The maximum atomic E-state index is 11.2. The number of halogens is 1. The Bertz CT molecular complexity index is 1400. The molecule has 0 saturated heterocycles. The monoisotopic (exact) mass is 575 g/mol. The third kappa shape index (κ3) is 8.40. The fourth-order valence-corrected chi connectivity index (χ4v) is 5.02. The summed E-state index contributed by atoms with van der Waals surface area (Å²) in [5, 5.41) is 11.8. The smallest absolute Gasteiger partial charge is 0.161 e. The van der Waals surface area contributed by atoms with Gasteiger partial charge in [0.15, 0.2) is 23.0 Å². The molecule has 0 fully saturated rings. The molecule has 0 aliphatic rings. The quantitative estimate of drug-likeness (QED) is 0.173. The summed E-state index contributed by atoms with van der Waals surface area (Å²) in [6.07, 6.45) is 0.0369. The standard InChI is InChI=1S/C34H38ClNO5/c1-24(17-26-13-15-31(38-2)33(18-26)39-3)36(22-30(37)28-11-8-12-29(35)20-28)21-27-14-16-32(34(19-27)40-4)41-23-25-9-6-5-7-10-25/h5-16,18-20,24,30,37H,17,21-23H2,1-4H3/t24?,30-/m0/s1. The van der Waals surface area contributed by atoms with Crippen molar-refractivity contribution >= 4 is 11.6 Å². The van der Waals surface area contributed by atoms with Gasteiger partial charge in [0.25, 0.3) is 0 Å². The molecule has 0 spiro atoms. The minimum absolute atomic E-state index is 0.0851. The molecule has 0 bridgehead atoms. The van der Waals surface area contributed by atoms with Gasteiger partial charge in [0.2, 0.25) is 0 Å². The summed E-state index contributed by atoms with van der Waals surface area (Å²) in [6, 6.07) is 29.5. The molecule has 0 heterocycles. The highest BCUT2D eigenvalue weighted by atomic mass is 35.5. The lowest BCUT2D eigenvalue weighted by Crippen LogP contribution is -2.37. The number of ether oxygens (including phenoxy) is 4. The molecule has 1 N–H and O–H groups in total. The minimum Gasteiger partial charge on any atom is -0.493 e. The number of nitrogens with zero attached hydrogens (tertiary/aromatic N) is 1. The largest absolute Gasteiger partial charge is 0.493 e. The van der Waals surface area contributed by atoms with Crippen LogP contribution in [-0.2, 0) is 19.6 Å². The van der Waals surface area contributed by atoms with Crippen molar-refractivity contribution in [3.63, 3.8) is 0 Å².